The molecule has 80 valence electrons. The number of unbranched alkanes of at least 4 members (excludes halogenated alkanes) is 1. The summed E-state index contributed by atoms with van der Waals surface area (Å²) >= 11 is 0. The molecule has 1 aliphatic rings. The van der Waals surface area contributed by atoms with Crippen LogP contribution in [0.3, 0.4) is 0 Å². The van der Waals surface area contributed by atoms with Crippen LogP contribution in [0.4, 0.5) is 0 Å². The van der Waals surface area contributed by atoms with E-state index in [1.807, 2.05) is 6.26 Å². The van der Waals surface area contributed by atoms with Crippen LogP contribution in [-0.4, -0.2) is 13.2 Å². The molecule has 0 aliphatic carbocycles. The summed E-state index contributed by atoms with van der Waals surface area (Å²) in [5.74, 6) is 0.617. The predicted molar refractivity (Wildman–Crippen MR) is 57.8 cm³/mol. The van der Waals surface area contributed by atoms with E-state index in [2.05, 4.69) is 19.9 Å². The lowest BCUT2D eigenvalue weighted by molar-refractivity contribution is 0.147. The van der Waals surface area contributed by atoms with E-state index >= 15 is 0 Å². The fraction of sp³-hybridized carbons (Fsp3) is 0.667. The maximum absolute atomic E-state index is 5.45. The van der Waals surface area contributed by atoms with Crippen LogP contribution in [0.25, 0.3) is 0 Å². The molecule has 0 unspecified atom stereocenters. The third-order valence-corrected chi connectivity index (χ3v) is 2.74. The molecule has 0 bridgehead atoms. The van der Waals surface area contributed by atoms with E-state index in [0.29, 0.717) is 12.0 Å². The van der Waals surface area contributed by atoms with Crippen LogP contribution in [0.2, 0.25) is 0 Å². The minimum Gasteiger partial charge on any atom is -0.505 e. The van der Waals surface area contributed by atoms with Crippen molar-refractivity contribution in [3.8, 4) is 0 Å². The minimum atomic E-state index is 0.362. The molecule has 2 nitrogen and oxygen atoms in total. The molecule has 1 aliphatic heterocycles. The van der Waals surface area contributed by atoms with Gasteiger partial charge in [0, 0.05) is 5.92 Å². The molecule has 14 heavy (non-hydrogen) atoms. The lowest BCUT2D eigenvalue weighted by Gasteiger charge is -2.15. The topological polar surface area (TPSA) is 18.5 Å². The van der Waals surface area contributed by atoms with Crippen molar-refractivity contribution in [3.63, 3.8) is 0 Å². The molecule has 2 heteroatoms. The predicted octanol–water partition coefficient (Wildman–Crippen LogP) is 3.26. The summed E-state index contributed by atoms with van der Waals surface area (Å²) in [6.45, 7) is 4.29. The third kappa shape index (κ3) is 3.09. The van der Waals surface area contributed by atoms with Crippen molar-refractivity contribution in [2.45, 2.75) is 39.2 Å². The van der Waals surface area contributed by atoms with Crippen molar-refractivity contribution < 1.29 is 9.47 Å². The summed E-state index contributed by atoms with van der Waals surface area (Å²) in [7, 11) is 1.68. The maximum Gasteiger partial charge on any atom is 0.102 e. The Morgan fingerprint density at radius 1 is 1.57 bits per heavy atom. The van der Waals surface area contributed by atoms with Crippen LogP contribution in [0.1, 0.15) is 33.1 Å². The zero-order chi connectivity index (χ0) is 10.4. The standard InChI is InChI=1S/C12H20O2/c1-10-9-14-11(2)12(10)7-5-4-6-8-13-3/h6,8-9,11-12H,4-5,7H2,1-3H3/b8-6+/t11-,12+/m0/s1. The molecule has 0 N–H and O–H groups in total. The van der Waals surface area contributed by atoms with Crippen molar-refractivity contribution in [2.24, 2.45) is 5.92 Å². The van der Waals surface area contributed by atoms with Gasteiger partial charge in [-0.3, -0.25) is 0 Å². The first kappa shape index (κ1) is 11.2. The Morgan fingerprint density at radius 2 is 2.36 bits per heavy atom. The van der Waals surface area contributed by atoms with E-state index in [0.717, 1.165) is 6.42 Å². The van der Waals surface area contributed by atoms with Crippen LogP contribution >= 0.6 is 0 Å². The largest absolute Gasteiger partial charge is 0.505 e. The first-order chi connectivity index (χ1) is 6.75. The molecule has 0 radical (unpaired) electrons. The summed E-state index contributed by atoms with van der Waals surface area (Å²) in [4.78, 5) is 0. The summed E-state index contributed by atoms with van der Waals surface area (Å²) < 4.78 is 10.3. The first-order valence-electron chi connectivity index (χ1n) is 5.25. The number of hydrogen-bond acceptors (Lipinski definition) is 2. The molecule has 2 atom stereocenters. The van der Waals surface area contributed by atoms with Gasteiger partial charge >= 0.3 is 0 Å². The highest BCUT2D eigenvalue weighted by molar-refractivity contribution is 5.07. The smallest absolute Gasteiger partial charge is 0.102 e. The van der Waals surface area contributed by atoms with E-state index in [4.69, 9.17) is 9.47 Å². The Hall–Kier alpha value is -0.920. The van der Waals surface area contributed by atoms with Gasteiger partial charge in [0.25, 0.3) is 0 Å². The lowest BCUT2D eigenvalue weighted by atomic mass is 9.92. The average Bonchev–Trinajstić information content (AvgIpc) is 2.48. The lowest BCUT2D eigenvalue weighted by Crippen LogP contribution is -2.13. The zero-order valence-electron chi connectivity index (χ0n) is 9.32. The normalized spacial score (nSPS) is 26.4. The first-order valence-corrected chi connectivity index (χ1v) is 5.25. The SMILES string of the molecule is CO/C=C/CCC[C@@H]1C(C)=CO[C@H]1C. The van der Waals surface area contributed by atoms with Crippen molar-refractivity contribution in [2.75, 3.05) is 7.11 Å². The number of methoxy groups -OCH3 is 1. The highest BCUT2D eigenvalue weighted by Gasteiger charge is 2.24. The van der Waals surface area contributed by atoms with E-state index in [-0.39, 0.29) is 0 Å². The van der Waals surface area contributed by atoms with E-state index in [1.54, 1.807) is 13.4 Å². The maximum atomic E-state index is 5.45. The van der Waals surface area contributed by atoms with Gasteiger partial charge in [-0.05, 0) is 44.8 Å². The second-order valence-corrected chi connectivity index (χ2v) is 3.85. The molecule has 0 aromatic carbocycles. The number of rotatable bonds is 5. The highest BCUT2D eigenvalue weighted by Crippen LogP contribution is 2.29. The minimum absolute atomic E-state index is 0.362. The van der Waals surface area contributed by atoms with Crippen molar-refractivity contribution >= 4 is 0 Å². The van der Waals surface area contributed by atoms with E-state index in [1.165, 1.54) is 18.4 Å². The Bertz CT molecular complexity index is 218. The monoisotopic (exact) mass is 196 g/mol. The fourth-order valence-electron chi connectivity index (χ4n) is 1.85. The van der Waals surface area contributed by atoms with Gasteiger partial charge in [-0.1, -0.05) is 0 Å². The van der Waals surface area contributed by atoms with Gasteiger partial charge in [0.15, 0.2) is 0 Å². The highest BCUT2D eigenvalue weighted by atomic mass is 16.5. The molecule has 0 spiro atoms. The Kier molecular flexibility index (Phi) is 4.57. The summed E-state index contributed by atoms with van der Waals surface area (Å²) in [6, 6.07) is 0. The van der Waals surface area contributed by atoms with Crippen LogP contribution in [0.15, 0.2) is 24.2 Å². The van der Waals surface area contributed by atoms with Crippen LogP contribution < -0.4 is 0 Å². The molecular weight excluding hydrogens is 176 g/mol. The van der Waals surface area contributed by atoms with Gasteiger partial charge in [-0.15, -0.1) is 0 Å². The number of ether oxygens (including phenoxy) is 2. The van der Waals surface area contributed by atoms with Gasteiger partial charge in [0.1, 0.15) is 6.10 Å². The molecule has 0 aromatic rings. The Balaban J connectivity index is 2.18. The molecule has 0 saturated carbocycles. The summed E-state index contributed by atoms with van der Waals surface area (Å²) in [6.07, 6.45) is 9.57. The molecule has 0 amide bonds. The van der Waals surface area contributed by atoms with Gasteiger partial charge in [-0.25, -0.2) is 0 Å². The average molecular weight is 196 g/mol. The Labute approximate surface area is 86.6 Å². The number of allylic oxidation sites excluding steroid dienone is 1. The van der Waals surface area contributed by atoms with Crippen LogP contribution in [0, 0.1) is 5.92 Å². The molecular formula is C12H20O2. The van der Waals surface area contributed by atoms with Gasteiger partial charge in [-0.2, -0.15) is 0 Å². The Morgan fingerprint density at radius 3 is 2.93 bits per heavy atom. The van der Waals surface area contributed by atoms with Gasteiger partial charge in [0.2, 0.25) is 0 Å². The van der Waals surface area contributed by atoms with Crippen molar-refractivity contribution in [3.05, 3.63) is 24.2 Å². The molecule has 0 aromatic heterocycles. The fourth-order valence-corrected chi connectivity index (χ4v) is 1.85. The third-order valence-electron chi connectivity index (χ3n) is 2.74. The van der Waals surface area contributed by atoms with Gasteiger partial charge in [0.05, 0.1) is 19.6 Å². The van der Waals surface area contributed by atoms with Crippen LogP contribution in [-0.2, 0) is 9.47 Å². The second kappa shape index (κ2) is 5.74. The van der Waals surface area contributed by atoms with Crippen molar-refractivity contribution in [1.29, 1.82) is 0 Å². The quantitative estimate of drug-likeness (QED) is 0.496. The van der Waals surface area contributed by atoms with Crippen molar-refractivity contribution in [1.82, 2.24) is 0 Å². The zero-order valence-corrected chi connectivity index (χ0v) is 9.32. The van der Waals surface area contributed by atoms with E-state index in [9.17, 15) is 0 Å². The summed E-state index contributed by atoms with van der Waals surface area (Å²) in [5.41, 5.74) is 1.38. The molecule has 1 rings (SSSR count). The van der Waals surface area contributed by atoms with E-state index < -0.39 is 0 Å². The van der Waals surface area contributed by atoms with Gasteiger partial charge < -0.3 is 9.47 Å². The molecule has 0 saturated heterocycles. The number of hydrogen-bond donors (Lipinski definition) is 0. The molecule has 1 heterocycles. The molecule has 0 fully saturated rings. The van der Waals surface area contributed by atoms with Crippen LogP contribution in [0.5, 0.6) is 0 Å². The second-order valence-electron chi connectivity index (χ2n) is 3.85. The summed E-state index contributed by atoms with van der Waals surface area (Å²) in [5, 5.41) is 0.